The van der Waals surface area contributed by atoms with E-state index in [-0.39, 0.29) is 39.5 Å². The smallest absolute Gasteiger partial charge is 0.238 e. The van der Waals surface area contributed by atoms with E-state index in [1.165, 1.54) is 32.4 Å². The molecule has 0 aliphatic heterocycles. The number of methoxy groups -OCH3 is 2. The van der Waals surface area contributed by atoms with Crippen LogP contribution in [0.4, 0.5) is 0 Å². The number of rotatable bonds is 3. The molecule has 25 heavy (non-hydrogen) atoms. The van der Waals surface area contributed by atoms with E-state index in [9.17, 15) is 25.2 Å². The molecule has 0 saturated carbocycles. The van der Waals surface area contributed by atoms with E-state index >= 15 is 0 Å². The standard InChI is InChI=1S/C17H14O8/c1-23-15-7(6-9(19)12(20)14(15)22)16-17(24-2)13(21)11-8(18)4-3-5-10(11)25-16/h3-6,18-20,22H,1-2H3. The first-order chi connectivity index (χ1) is 11.9. The predicted molar refractivity (Wildman–Crippen MR) is 87.7 cm³/mol. The SMILES string of the molecule is COc1c(-c2oc3cccc(O)c3c(=O)c2OC)cc(O)c(O)c1O. The maximum Gasteiger partial charge on any atom is 0.238 e. The van der Waals surface area contributed by atoms with Gasteiger partial charge < -0.3 is 34.3 Å². The lowest BCUT2D eigenvalue weighted by molar-refractivity contribution is 0.335. The van der Waals surface area contributed by atoms with Gasteiger partial charge in [0.2, 0.25) is 22.7 Å². The van der Waals surface area contributed by atoms with Crippen molar-refractivity contribution in [1.29, 1.82) is 0 Å². The number of hydrogen-bond acceptors (Lipinski definition) is 8. The van der Waals surface area contributed by atoms with E-state index in [1.54, 1.807) is 0 Å². The summed E-state index contributed by atoms with van der Waals surface area (Å²) in [5.74, 6) is -3.06. The molecule has 0 bridgehead atoms. The second-order valence-electron chi connectivity index (χ2n) is 5.12. The highest BCUT2D eigenvalue weighted by molar-refractivity contribution is 5.88. The van der Waals surface area contributed by atoms with Gasteiger partial charge in [-0.15, -0.1) is 0 Å². The Morgan fingerprint density at radius 2 is 1.60 bits per heavy atom. The summed E-state index contributed by atoms with van der Waals surface area (Å²) in [6.07, 6.45) is 0. The van der Waals surface area contributed by atoms with Crippen LogP contribution in [0.2, 0.25) is 0 Å². The Kier molecular flexibility index (Phi) is 3.80. The van der Waals surface area contributed by atoms with Crippen molar-refractivity contribution in [2.75, 3.05) is 14.2 Å². The molecule has 0 unspecified atom stereocenters. The third-order valence-electron chi connectivity index (χ3n) is 3.72. The predicted octanol–water partition coefficient (Wildman–Crippen LogP) is 2.30. The van der Waals surface area contributed by atoms with Crippen molar-refractivity contribution in [1.82, 2.24) is 0 Å². The Morgan fingerprint density at radius 1 is 0.920 bits per heavy atom. The highest BCUT2D eigenvalue weighted by Crippen LogP contribution is 2.50. The molecule has 8 nitrogen and oxygen atoms in total. The van der Waals surface area contributed by atoms with Crippen LogP contribution in [0, 0.1) is 0 Å². The maximum absolute atomic E-state index is 12.7. The van der Waals surface area contributed by atoms with Gasteiger partial charge in [0, 0.05) is 0 Å². The quantitative estimate of drug-likeness (QED) is 0.532. The Labute approximate surface area is 140 Å². The number of phenolic OH excluding ortho intramolecular Hbond substituents is 4. The summed E-state index contributed by atoms with van der Waals surface area (Å²) in [5, 5.41) is 39.2. The van der Waals surface area contributed by atoms with Crippen molar-refractivity contribution in [3.63, 3.8) is 0 Å². The lowest BCUT2D eigenvalue weighted by atomic mass is 10.1. The van der Waals surface area contributed by atoms with Crippen molar-refractivity contribution in [2.45, 2.75) is 0 Å². The van der Waals surface area contributed by atoms with Crippen molar-refractivity contribution in [3.05, 3.63) is 34.5 Å². The largest absolute Gasteiger partial charge is 0.507 e. The van der Waals surface area contributed by atoms with Gasteiger partial charge in [-0.3, -0.25) is 4.79 Å². The van der Waals surface area contributed by atoms with Crippen molar-refractivity contribution in [2.24, 2.45) is 0 Å². The third kappa shape index (κ3) is 2.35. The Balaban J connectivity index is 2.47. The van der Waals surface area contributed by atoms with Crippen LogP contribution in [-0.4, -0.2) is 34.6 Å². The molecule has 3 rings (SSSR count). The topological polar surface area (TPSA) is 130 Å². The summed E-state index contributed by atoms with van der Waals surface area (Å²) in [7, 11) is 2.46. The zero-order valence-electron chi connectivity index (χ0n) is 13.2. The van der Waals surface area contributed by atoms with Crippen molar-refractivity contribution < 1.29 is 34.3 Å². The van der Waals surface area contributed by atoms with Crippen LogP contribution in [0.15, 0.2) is 33.5 Å². The molecular weight excluding hydrogens is 332 g/mol. The monoisotopic (exact) mass is 346 g/mol. The molecule has 130 valence electrons. The molecule has 0 radical (unpaired) electrons. The molecule has 0 atom stereocenters. The van der Waals surface area contributed by atoms with Gasteiger partial charge in [0.05, 0.1) is 19.8 Å². The van der Waals surface area contributed by atoms with Gasteiger partial charge in [-0.05, 0) is 18.2 Å². The van der Waals surface area contributed by atoms with Crippen LogP contribution in [0.5, 0.6) is 34.5 Å². The lowest BCUT2D eigenvalue weighted by Gasteiger charge is -2.14. The van der Waals surface area contributed by atoms with E-state index in [0.717, 1.165) is 6.07 Å². The molecule has 0 amide bonds. The lowest BCUT2D eigenvalue weighted by Crippen LogP contribution is -2.08. The van der Waals surface area contributed by atoms with Crippen LogP contribution in [0.25, 0.3) is 22.3 Å². The number of hydrogen-bond donors (Lipinski definition) is 4. The number of phenols is 4. The minimum absolute atomic E-state index is 0.0190. The molecule has 8 heteroatoms. The van der Waals surface area contributed by atoms with Gasteiger partial charge in [0.15, 0.2) is 17.3 Å². The molecule has 0 spiro atoms. The normalized spacial score (nSPS) is 10.8. The zero-order valence-corrected chi connectivity index (χ0v) is 13.2. The molecule has 1 aromatic heterocycles. The number of aromatic hydroxyl groups is 4. The van der Waals surface area contributed by atoms with Gasteiger partial charge >= 0.3 is 0 Å². The minimum Gasteiger partial charge on any atom is -0.507 e. The summed E-state index contributed by atoms with van der Waals surface area (Å²) in [4.78, 5) is 12.7. The number of ether oxygens (including phenoxy) is 2. The first-order valence-electron chi connectivity index (χ1n) is 7.05. The van der Waals surface area contributed by atoms with Crippen molar-refractivity contribution >= 4 is 11.0 Å². The summed E-state index contributed by atoms with van der Waals surface area (Å²) >= 11 is 0. The molecule has 2 aromatic carbocycles. The molecule has 0 saturated heterocycles. The van der Waals surface area contributed by atoms with Gasteiger partial charge in [0.1, 0.15) is 16.7 Å². The molecule has 0 aliphatic rings. The van der Waals surface area contributed by atoms with Crippen LogP contribution in [0.3, 0.4) is 0 Å². The molecule has 0 fully saturated rings. The summed E-state index contributed by atoms with van der Waals surface area (Å²) in [6.45, 7) is 0. The second kappa shape index (κ2) is 5.82. The first kappa shape index (κ1) is 16.3. The fourth-order valence-corrected chi connectivity index (χ4v) is 2.57. The molecule has 3 aromatic rings. The maximum atomic E-state index is 12.7. The van der Waals surface area contributed by atoms with Gasteiger partial charge in [-0.25, -0.2) is 0 Å². The van der Waals surface area contributed by atoms with Crippen LogP contribution in [0.1, 0.15) is 0 Å². The third-order valence-corrected chi connectivity index (χ3v) is 3.72. The summed E-state index contributed by atoms with van der Waals surface area (Å²) in [6, 6.07) is 5.34. The summed E-state index contributed by atoms with van der Waals surface area (Å²) in [5.41, 5.74) is -0.602. The zero-order chi connectivity index (χ0) is 18.3. The number of fused-ring (bicyclic) bond motifs is 1. The van der Waals surface area contributed by atoms with E-state index in [0.29, 0.717) is 0 Å². The minimum atomic E-state index is -0.777. The summed E-state index contributed by atoms with van der Waals surface area (Å²) < 4.78 is 15.8. The highest BCUT2D eigenvalue weighted by Gasteiger charge is 2.26. The molecule has 4 N–H and O–H groups in total. The Morgan fingerprint density at radius 3 is 2.24 bits per heavy atom. The van der Waals surface area contributed by atoms with E-state index in [1.807, 2.05) is 0 Å². The Bertz CT molecular complexity index is 1040. The van der Waals surface area contributed by atoms with Gasteiger partial charge in [0.25, 0.3) is 0 Å². The average molecular weight is 346 g/mol. The molecule has 1 heterocycles. The second-order valence-corrected chi connectivity index (χ2v) is 5.12. The number of benzene rings is 2. The highest BCUT2D eigenvalue weighted by atomic mass is 16.5. The molecule has 0 aliphatic carbocycles. The van der Waals surface area contributed by atoms with Crippen LogP contribution >= 0.6 is 0 Å². The fourth-order valence-electron chi connectivity index (χ4n) is 2.57. The van der Waals surface area contributed by atoms with Crippen LogP contribution < -0.4 is 14.9 Å². The van der Waals surface area contributed by atoms with E-state index in [4.69, 9.17) is 13.9 Å². The van der Waals surface area contributed by atoms with Gasteiger partial charge in [-0.2, -0.15) is 0 Å². The molecular formula is C17H14O8. The van der Waals surface area contributed by atoms with E-state index in [2.05, 4.69) is 0 Å². The van der Waals surface area contributed by atoms with E-state index < -0.39 is 22.7 Å². The fraction of sp³-hybridized carbons (Fsp3) is 0.118. The van der Waals surface area contributed by atoms with Crippen LogP contribution in [-0.2, 0) is 0 Å². The first-order valence-corrected chi connectivity index (χ1v) is 7.05. The van der Waals surface area contributed by atoms with Crippen molar-refractivity contribution in [3.8, 4) is 45.8 Å². The van der Waals surface area contributed by atoms with Gasteiger partial charge in [-0.1, -0.05) is 6.07 Å². The average Bonchev–Trinajstić information content (AvgIpc) is 2.59. The Hall–Kier alpha value is -3.55.